The predicted octanol–water partition coefficient (Wildman–Crippen LogP) is 5.11. The SMILES string of the molecule is CCC[C@H]1CO[C@H](CC[C@H]2CC[C@H](/C=C/Cl)CC2)OC1. The highest BCUT2D eigenvalue weighted by Gasteiger charge is 2.24. The molecule has 3 heteroatoms. The summed E-state index contributed by atoms with van der Waals surface area (Å²) >= 11 is 5.65. The number of hydrogen-bond donors (Lipinski definition) is 0. The number of rotatable bonds is 6. The number of hydrogen-bond acceptors (Lipinski definition) is 2. The zero-order valence-corrected chi connectivity index (χ0v) is 13.5. The van der Waals surface area contributed by atoms with Crippen LogP contribution in [-0.2, 0) is 9.47 Å². The number of allylic oxidation sites excluding steroid dienone is 1. The van der Waals surface area contributed by atoms with Crippen molar-refractivity contribution in [1.82, 2.24) is 0 Å². The molecule has 2 aliphatic rings. The van der Waals surface area contributed by atoms with Gasteiger partial charge in [0.25, 0.3) is 0 Å². The Balaban J connectivity index is 1.58. The van der Waals surface area contributed by atoms with Crippen LogP contribution in [0.25, 0.3) is 0 Å². The van der Waals surface area contributed by atoms with Gasteiger partial charge < -0.3 is 9.47 Å². The van der Waals surface area contributed by atoms with Crippen molar-refractivity contribution in [1.29, 1.82) is 0 Å². The van der Waals surface area contributed by atoms with Gasteiger partial charge in [-0.15, -0.1) is 0 Å². The van der Waals surface area contributed by atoms with Gasteiger partial charge in [-0.3, -0.25) is 0 Å². The molecule has 1 aliphatic heterocycles. The first kappa shape index (κ1) is 16.3. The molecule has 0 aromatic heterocycles. The Morgan fingerprint density at radius 1 is 0.950 bits per heavy atom. The molecule has 0 aromatic rings. The maximum Gasteiger partial charge on any atom is 0.157 e. The zero-order valence-electron chi connectivity index (χ0n) is 12.7. The van der Waals surface area contributed by atoms with Crippen LogP contribution in [0.1, 0.15) is 58.3 Å². The van der Waals surface area contributed by atoms with E-state index in [2.05, 4.69) is 13.0 Å². The van der Waals surface area contributed by atoms with E-state index >= 15 is 0 Å². The van der Waals surface area contributed by atoms with Crippen LogP contribution in [0.4, 0.5) is 0 Å². The monoisotopic (exact) mass is 300 g/mol. The summed E-state index contributed by atoms with van der Waals surface area (Å²) in [7, 11) is 0. The molecule has 0 N–H and O–H groups in total. The van der Waals surface area contributed by atoms with Crippen LogP contribution in [0.2, 0.25) is 0 Å². The van der Waals surface area contributed by atoms with E-state index in [4.69, 9.17) is 21.1 Å². The molecule has 2 nitrogen and oxygen atoms in total. The van der Waals surface area contributed by atoms with Gasteiger partial charge >= 0.3 is 0 Å². The van der Waals surface area contributed by atoms with E-state index in [-0.39, 0.29) is 6.29 Å². The number of ether oxygens (including phenoxy) is 2. The molecule has 2 rings (SSSR count). The fraction of sp³-hybridized carbons (Fsp3) is 0.882. The normalized spacial score (nSPS) is 35.5. The van der Waals surface area contributed by atoms with Crippen LogP contribution in [0.15, 0.2) is 11.6 Å². The second-order valence-corrected chi connectivity index (χ2v) is 6.68. The highest BCUT2D eigenvalue weighted by atomic mass is 35.5. The van der Waals surface area contributed by atoms with Gasteiger partial charge in [-0.2, -0.15) is 0 Å². The van der Waals surface area contributed by atoms with E-state index < -0.39 is 0 Å². The molecule has 2 fully saturated rings. The lowest BCUT2D eigenvalue weighted by Gasteiger charge is -2.31. The quantitative estimate of drug-likeness (QED) is 0.678. The minimum atomic E-state index is 0.0589. The van der Waals surface area contributed by atoms with Gasteiger partial charge in [-0.1, -0.05) is 31.0 Å². The molecule has 0 atom stereocenters. The smallest absolute Gasteiger partial charge is 0.157 e. The van der Waals surface area contributed by atoms with Crippen LogP contribution >= 0.6 is 11.6 Å². The fourth-order valence-electron chi connectivity index (χ4n) is 3.47. The van der Waals surface area contributed by atoms with Gasteiger partial charge in [-0.25, -0.2) is 0 Å². The molecule has 0 unspecified atom stereocenters. The summed E-state index contributed by atoms with van der Waals surface area (Å²) in [4.78, 5) is 0. The fourth-order valence-corrected chi connectivity index (χ4v) is 3.67. The van der Waals surface area contributed by atoms with Crippen molar-refractivity contribution in [3.8, 4) is 0 Å². The Hall–Kier alpha value is -0.0500. The molecule has 1 aliphatic carbocycles. The van der Waals surface area contributed by atoms with Gasteiger partial charge in [-0.05, 0) is 56.8 Å². The van der Waals surface area contributed by atoms with Crippen molar-refractivity contribution in [2.24, 2.45) is 17.8 Å². The van der Waals surface area contributed by atoms with Gasteiger partial charge in [0.1, 0.15) is 0 Å². The van der Waals surface area contributed by atoms with Crippen LogP contribution in [-0.4, -0.2) is 19.5 Å². The Kier molecular flexibility index (Phi) is 7.40. The van der Waals surface area contributed by atoms with Crippen molar-refractivity contribution < 1.29 is 9.47 Å². The standard InChI is InChI=1S/C17H29ClO2/c1-2-3-16-12-19-17(20-13-16)9-8-14-4-6-15(7-5-14)10-11-18/h10-11,14-17H,2-9,12-13H2,1H3/b11-10+/t14-,15-,16-,17-. The maximum absolute atomic E-state index is 5.84. The third kappa shape index (κ3) is 5.38. The summed E-state index contributed by atoms with van der Waals surface area (Å²) in [5.74, 6) is 2.19. The van der Waals surface area contributed by atoms with Crippen LogP contribution in [0.3, 0.4) is 0 Å². The van der Waals surface area contributed by atoms with E-state index in [1.54, 1.807) is 5.54 Å². The molecule has 0 aromatic carbocycles. The summed E-state index contributed by atoms with van der Waals surface area (Å²) in [5, 5.41) is 0. The minimum absolute atomic E-state index is 0.0589. The van der Waals surface area contributed by atoms with Crippen LogP contribution < -0.4 is 0 Å². The molecule has 20 heavy (non-hydrogen) atoms. The van der Waals surface area contributed by atoms with Crippen molar-refractivity contribution in [3.63, 3.8) is 0 Å². The van der Waals surface area contributed by atoms with E-state index in [1.165, 1.54) is 44.9 Å². The summed E-state index contributed by atoms with van der Waals surface area (Å²) < 4.78 is 11.7. The van der Waals surface area contributed by atoms with Gasteiger partial charge in [0.15, 0.2) is 6.29 Å². The highest BCUT2D eigenvalue weighted by molar-refractivity contribution is 6.25. The second kappa shape index (κ2) is 9.07. The van der Waals surface area contributed by atoms with E-state index in [1.807, 2.05) is 0 Å². The molecule has 1 heterocycles. The Morgan fingerprint density at radius 3 is 2.25 bits per heavy atom. The Labute approximate surface area is 128 Å². The topological polar surface area (TPSA) is 18.5 Å². The van der Waals surface area contributed by atoms with E-state index in [0.717, 1.165) is 25.6 Å². The van der Waals surface area contributed by atoms with Gasteiger partial charge in [0, 0.05) is 11.5 Å². The first-order valence-corrected chi connectivity index (χ1v) is 8.75. The average Bonchev–Trinajstić information content (AvgIpc) is 2.49. The van der Waals surface area contributed by atoms with Crippen molar-refractivity contribution in [2.75, 3.05) is 13.2 Å². The van der Waals surface area contributed by atoms with Crippen LogP contribution in [0.5, 0.6) is 0 Å². The highest BCUT2D eigenvalue weighted by Crippen LogP contribution is 2.33. The molecule has 1 saturated carbocycles. The summed E-state index contributed by atoms with van der Waals surface area (Å²) in [6.07, 6.45) is 12.2. The molecule has 1 saturated heterocycles. The van der Waals surface area contributed by atoms with Crippen molar-refractivity contribution in [2.45, 2.75) is 64.6 Å². The molecule has 0 spiro atoms. The number of halogens is 1. The van der Waals surface area contributed by atoms with Crippen molar-refractivity contribution in [3.05, 3.63) is 11.6 Å². The first-order chi connectivity index (χ1) is 9.81. The Morgan fingerprint density at radius 2 is 1.65 bits per heavy atom. The molecule has 0 amide bonds. The summed E-state index contributed by atoms with van der Waals surface area (Å²) in [5.41, 5.74) is 1.68. The molecule has 0 radical (unpaired) electrons. The largest absolute Gasteiger partial charge is 0.352 e. The third-order valence-electron chi connectivity index (χ3n) is 4.78. The van der Waals surface area contributed by atoms with Gasteiger partial charge in [0.2, 0.25) is 0 Å². The summed E-state index contributed by atoms with van der Waals surface area (Å²) in [6, 6.07) is 0. The predicted molar refractivity (Wildman–Crippen MR) is 83.8 cm³/mol. The first-order valence-electron chi connectivity index (χ1n) is 8.31. The van der Waals surface area contributed by atoms with E-state index in [9.17, 15) is 0 Å². The Bertz CT molecular complexity index is 277. The summed E-state index contributed by atoms with van der Waals surface area (Å²) in [6.45, 7) is 4.01. The van der Waals surface area contributed by atoms with Crippen LogP contribution in [0, 0.1) is 17.8 Å². The zero-order chi connectivity index (χ0) is 14.2. The molecule has 116 valence electrons. The van der Waals surface area contributed by atoms with Gasteiger partial charge in [0.05, 0.1) is 13.2 Å². The second-order valence-electron chi connectivity index (χ2n) is 6.43. The van der Waals surface area contributed by atoms with Crippen molar-refractivity contribution >= 4 is 11.6 Å². The third-order valence-corrected chi connectivity index (χ3v) is 4.92. The molecular formula is C17H29ClO2. The lowest BCUT2D eigenvalue weighted by atomic mass is 9.80. The molecular weight excluding hydrogens is 272 g/mol. The molecule has 0 bridgehead atoms. The lowest BCUT2D eigenvalue weighted by Crippen LogP contribution is -2.32. The average molecular weight is 301 g/mol. The maximum atomic E-state index is 5.84. The van der Waals surface area contributed by atoms with E-state index in [0.29, 0.717) is 11.8 Å². The minimum Gasteiger partial charge on any atom is -0.352 e. The lowest BCUT2D eigenvalue weighted by molar-refractivity contribution is -0.205.